The van der Waals surface area contributed by atoms with E-state index in [0.29, 0.717) is 11.3 Å². The molecular formula is C15H14N4O. The summed E-state index contributed by atoms with van der Waals surface area (Å²) in [5, 5.41) is 10.7. The number of benzene rings is 1. The third-order valence-electron chi connectivity index (χ3n) is 3.22. The number of nitrogens with zero attached hydrogens (tertiary/aromatic N) is 2. The minimum absolute atomic E-state index is 0.156. The first kappa shape index (κ1) is 12.3. The highest BCUT2D eigenvalue weighted by atomic mass is 16.1. The summed E-state index contributed by atoms with van der Waals surface area (Å²) in [4.78, 5) is 16.5. The molecule has 0 aliphatic carbocycles. The third-order valence-corrected chi connectivity index (χ3v) is 3.22. The topological polar surface area (TPSA) is 70.7 Å². The van der Waals surface area contributed by atoms with E-state index >= 15 is 0 Å². The van der Waals surface area contributed by atoms with Gasteiger partial charge in [-0.05, 0) is 38.1 Å². The maximum atomic E-state index is 12.3. The summed E-state index contributed by atoms with van der Waals surface area (Å²) in [5.41, 5.74) is 3.71. The number of nitrogens with one attached hydrogen (secondary N) is 2. The second kappa shape index (κ2) is 4.77. The standard InChI is InChI=1S/C15H14N4O/c1-9-14(10(2)19-18-9)15(20)17-12-5-6-13-11(8-12)4-3-7-16-13/h3-8H,1-2H3,(H,17,20)(H,18,19). The number of hydrogen-bond donors (Lipinski definition) is 2. The van der Waals surface area contributed by atoms with Crippen LogP contribution in [0, 0.1) is 13.8 Å². The summed E-state index contributed by atoms with van der Waals surface area (Å²) in [5.74, 6) is -0.156. The molecule has 1 aromatic carbocycles. The number of aryl methyl sites for hydroxylation is 2. The van der Waals surface area contributed by atoms with Crippen LogP contribution >= 0.6 is 0 Å². The molecule has 0 radical (unpaired) electrons. The molecule has 100 valence electrons. The molecule has 0 saturated carbocycles. The highest BCUT2D eigenvalue weighted by Crippen LogP contribution is 2.18. The van der Waals surface area contributed by atoms with Gasteiger partial charge in [-0.3, -0.25) is 14.9 Å². The van der Waals surface area contributed by atoms with Crippen LogP contribution in [0.15, 0.2) is 36.5 Å². The van der Waals surface area contributed by atoms with E-state index in [1.165, 1.54) is 0 Å². The Labute approximate surface area is 116 Å². The lowest BCUT2D eigenvalue weighted by atomic mass is 10.1. The Kier molecular flexibility index (Phi) is 2.95. The van der Waals surface area contributed by atoms with Crippen LogP contribution in [0.3, 0.4) is 0 Å². The predicted molar refractivity (Wildman–Crippen MR) is 77.8 cm³/mol. The molecule has 0 aliphatic rings. The Morgan fingerprint density at radius 1 is 1.25 bits per heavy atom. The number of anilines is 1. The fraction of sp³-hybridized carbons (Fsp3) is 0.133. The molecule has 5 nitrogen and oxygen atoms in total. The Morgan fingerprint density at radius 2 is 2.10 bits per heavy atom. The summed E-state index contributed by atoms with van der Waals surface area (Å²) in [6.45, 7) is 3.64. The maximum Gasteiger partial charge on any atom is 0.259 e. The molecule has 0 spiro atoms. The molecule has 1 amide bonds. The van der Waals surface area contributed by atoms with Crippen LogP contribution in [-0.4, -0.2) is 21.1 Å². The number of hydrogen-bond acceptors (Lipinski definition) is 3. The van der Waals surface area contributed by atoms with Gasteiger partial charge in [0.1, 0.15) is 0 Å². The van der Waals surface area contributed by atoms with Crippen LogP contribution in [-0.2, 0) is 0 Å². The lowest BCUT2D eigenvalue weighted by molar-refractivity contribution is 0.102. The maximum absolute atomic E-state index is 12.3. The average molecular weight is 266 g/mol. The van der Waals surface area contributed by atoms with Crippen molar-refractivity contribution in [3.05, 3.63) is 53.5 Å². The Bertz CT molecular complexity index is 772. The number of H-pyrrole nitrogens is 1. The lowest BCUT2D eigenvalue weighted by Gasteiger charge is -2.06. The van der Waals surface area contributed by atoms with Crippen LogP contribution in [0.2, 0.25) is 0 Å². The first-order valence-electron chi connectivity index (χ1n) is 6.33. The van der Waals surface area contributed by atoms with Crippen molar-refractivity contribution in [2.45, 2.75) is 13.8 Å². The van der Waals surface area contributed by atoms with Gasteiger partial charge in [0.05, 0.1) is 16.8 Å². The third kappa shape index (κ3) is 2.14. The fourth-order valence-electron chi connectivity index (χ4n) is 2.23. The number of carbonyl (C=O) groups excluding carboxylic acids is 1. The van der Waals surface area contributed by atoms with Gasteiger partial charge in [0.15, 0.2) is 0 Å². The molecule has 0 atom stereocenters. The van der Waals surface area contributed by atoms with E-state index in [9.17, 15) is 4.79 Å². The molecule has 3 aromatic rings. The number of aromatic amines is 1. The van der Waals surface area contributed by atoms with Crippen molar-refractivity contribution in [2.75, 3.05) is 5.32 Å². The summed E-state index contributed by atoms with van der Waals surface area (Å²) < 4.78 is 0. The van der Waals surface area contributed by atoms with E-state index in [1.54, 1.807) is 6.20 Å². The van der Waals surface area contributed by atoms with Crippen molar-refractivity contribution in [1.82, 2.24) is 15.2 Å². The normalized spacial score (nSPS) is 10.7. The van der Waals surface area contributed by atoms with E-state index < -0.39 is 0 Å². The Balaban J connectivity index is 1.91. The van der Waals surface area contributed by atoms with Crippen molar-refractivity contribution in [3.8, 4) is 0 Å². The first-order chi connectivity index (χ1) is 9.65. The molecule has 0 aliphatic heterocycles. The van der Waals surface area contributed by atoms with Gasteiger partial charge in [0, 0.05) is 23.0 Å². The van der Waals surface area contributed by atoms with E-state index in [0.717, 1.165) is 22.3 Å². The van der Waals surface area contributed by atoms with Gasteiger partial charge in [0.25, 0.3) is 5.91 Å². The van der Waals surface area contributed by atoms with E-state index in [4.69, 9.17) is 0 Å². The van der Waals surface area contributed by atoms with Crippen molar-refractivity contribution in [2.24, 2.45) is 0 Å². The summed E-state index contributed by atoms with van der Waals surface area (Å²) in [6, 6.07) is 9.48. The van der Waals surface area contributed by atoms with E-state index in [-0.39, 0.29) is 5.91 Å². The second-order valence-electron chi connectivity index (χ2n) is 4.67. The zero-order valence-electron chi connectivity index (χ0n) is 11.3. The van der Waals surface area contributed by atoms with Crippen molar-refractivity contribution >= 4 is 22.5 Å². The van der Waals surface area contributed by atoms with Crippen LogP contribution in [0.25, 0.3) is 10.9 Å². The molecule has 2 aromatic heterocycles. The molecule has 3 rings (SSSR count). The fourth-order valence-corrected chi connectivity index (χ4v) is 2.23. The van der Waals surface area contributed by atoms with Gasteiger partial charge in [-0.1, -0.05) is 6.07 Å². The van der Waals surface area contributed by atoms with Crippen molar-refractivity contribution in [1.29, 1.82) is 0 Å². The van der Waals surface area contributed by atoms with Gasteiger partial charge in [-0.25, -0.2) is 0 Å². The van der Waals surface area contributed by atoms with E-state index in [1.807, 2.05) is 44.2 Å². The second-order valence-corrected chi connectivity index (χ2v) is 4.67. The SMILES string of the molecule is Cc1n[nH]c(C)c1C(=O)Nc1ccc2ncccc2c1. The molecule has 2 heterocycles. The number of pyridine rings is 1. The summed E-state index contributed by atoms with van der Waals surface area (Å²) in [6.07, 6.45) is 1.75. The highest BCUT2D eigenvalue weighted by Gasteiger charge is 2.15. The smallest absolute Gasteiger partial charge is 0.259 e. The zero-order chi connectivity index (χ0) is 14.1. The van der Waals surface area contributed by atoms with Crippen LogP contribution in [0.1, 0.15) is 21.7 Å². The van der Waals surface area contributed by atoms with Crippen LogP contribution in [0.4, 0.5) is 5.69 Å². The van der Waals surface area contributed by atoms with Crippen molar-refractivity contribution < 1.29 is 4.79 Å². The van der Waals surface area contributed by atoms with Gasteiger partial charge < -0.3 is 5.32 Å². The number of carbonyl (C=O) groups is 1. The monoisotopic (exact) mass is 266 g/mol. The van der Waals surface area contributed by atoms with Gasteiger partial charge in [-0.15, -0.1) is 0 Å². The highest BCUT2D eigenvalue weighted by molar-refractivity contribution is 6.06. The zero-order valence-corrected chi connectivity index (χ0v) is 11.3. The summed E-state index contributed by atoms with van der Waals surface area (Å²) >= 11 is 0. The first-order valence-corrected chi connectivity index (χ1v) is 6.33. The van der Waals surface area contributed by atoms with Crippen LogP contribution in [0.5, 0.6) is 0 Å². The lowest BCUT2D eigenvalue weighted by Crippen LogP contribution is -2.13. The van der Waals surface area contributed by atoms with Crippen LogP contribution < -0.4 is 5.32 Å². The minimum atomic E-state index is -0.156. The summed E-state index contributed by atoms with van der Waals surface area (Å²) in [7, 11) is 0. The molecule has 0 bridgehead atoms. The Hall–Kier alpha value is -2.69. The number of rotatable bonds is 2. The van der Waals surface area contributed by atoms with Gasteiger partial charge in [0.2, 0.25) is 0 Å². The number of fused-ring (bicyclic) bond motifs is 1. The molecule has 0 unspecified atom stereocenters. The largest absolute Gasteiger partial charge is 0.322 e. The molecule has 0 fully saturated rings. The van der Waals surface area contributed by atoms with Crippen molar-refractivity contribution in [3.63, 3.8) is 0 Å². The number of amides is 1. The quantitative estimate of drug-likeness (QED) is 0.749. The van der Waals surface area contributed by atoms with Gasteiger partial charge >= 0.3 is 0 Å². The molecule has 0 saturated heterocycles. The molecular weight excluding hydrogens is 252 g/mol. The van der Waals surface area contributed by atoms with E-state index in [2.05, 4.69) is 20.5 Å². The Morgan fingerprint density at radius 3 is 2.85 bits per heavy atom. The average Bonchev–Trinajstić information content (AvgIpc) is 2.78. The molecule has 2 N–H and O–H groups in total. The molecule has 20 heavy (non-hydrogen) atoms. The predicted octanol–water partition coefficient (Wildman–Crippen LogP) is 2.83. The molecule has 5 heteroatoms. The van der Waals surface area contributed by atoms with Gasteiger partial charge in [-0.2, -0.15) is 5.10 Å². The number of aromatic nitrogens is 3. The minimum Gasteiger partial charge on any atom is -0.322 e.